The number of hydrogen-bond acceptors (Lipinski definition) is 5. The maximum Gasteiger partial charge on any atom is 0.296 e. The lowest BCUT2D eigenvalue weighted by atomic mass is 10.1. The van der Waals surface area contributed by atoms with Crippen molar-refractivity contribution in [3.05, 3.63) is 100 Å². The van der Waals surface area contributed by atoms with E-state index in [1.165, 1.54) is 4.52 Å². The van der Waals surface area contributed by atoms with Crippen LogP contribution in [0.4, 0.5) is 0 Å². The zero-order chi connectivity index (χ0) is 19.0. The summed E-state index contributed by atoms with van der Waals surface area (Å²) in [5.74, 6) is 0. The van der Waals surface area contributed by atoms with Gasteiger partial charge in [0.25, 0.3) is 11.1 Å². The Balaban J connectivity index is 1.79. The van der Waals surface area contributed by atoms with Gasteiger partial charge in [0.1, 0.15) is 5.69 Å². The van der Waals surface area contributed by atoms with Gasteiger partial charge in [-0.3, -0.25) is 9.59 Å². The Kier molecular flexibility index (Phi) is 4.90. The second-order valence-corrected chi connectivity index (χ2v) is 8.19. The van der Waals surface area contributed by atoms with Crippen LogP contribution in [0, 0.1) is 0 Å². The second-order valence-electron chi connectivity index (χ2n) is 5.83. The van der Waals surface area contributed by atoms with Gasteiger partial charge in [0, 0.05) is 15.9 Å². The van der Waals surface area contributed by atoms with Crippen LogP contribution in [0.5, 0.6) is 0 Å². The molecule has 2 aromatic heterocycles. The molecule has 2 heterocycles. The van der Waals surface area contributed by atoms with Crippen molar-refractivity contribution in [1.29, 1.82) is 0 Å². The van der Waals surface area contributed by atoms with Gasteiger partial charge in [-0.1, -0.05) is 63.1 Å². The summed E-state index contributed by atoms with van der Waals surface area (Å²) in [5.41, 5.74) is 1.25. The molecule has 0 radical (unpaired) electrons. The van der Waals surface area contributed by atoms with Crippen molar-refractivity contribution >= 4 is 49.9 Å². The van der Waals surface area contributed by atoms with Crippen LogP contribution in [0.3, 0.4) is 0 Å². The van der Waals surface area contributed by atoms with E-state index in [1.807, 2.05) is 36.4 Å². The average Bonchev–Trinajstić information content (AvgIpc) is 2.94. The van der Waals surface area contributed by atoms with E-state index in [-0.39, 0.29) is 22.6 Å². The Hall–Kier alpha value is -2.35. The van der Waals surface area contributed by atoms with Crippen molar-refractivity contribution in [3.8, 4) is 0 Å². The van der Waals surface area contributed by atoms with Crippen molar-refractivity contribution in [2.45, 2.75) is 6.42 Å². The van der Waals surface area contributed by atoms with E-state index in [2.05, 4.69) is 26.0 Å². The molecule has 8 heteroatoms. The third-order valence-corrected chi connectivity index (χ3v) is 5.64. The highest BCUT2D eigenvalue weighted by Crippen LogP contribution is 2.12. The fourth-order valence-electron chi connectivity index (χ4n) is 2.56. The molecule has 0 bridgehead atoms. The van der Waals surface area contributed by atoms with Gasteiger partial charge >= 0.3 is 0 Å². The molecule has 2 aromatic carbocycles. The number of fused-ring (bicyclic) bond motifs is 1. The maximum atomic E-state index is 12.7. The number of halogens is 2. The van der Waals surface area contributed by atoms with E-state index in [0.29, 0.717) is 9.55 Å². The molecule has 0 aliphatic rings. The summed E-state index contributed by atoms with van der Waals surface area (Å²) in [6, 6.07) is 14.7. The monoisotopic (exact) mass is 459 g/mol. The lowest BCUT2D eigenvalue weighted by molar-refractivity contribution is 0.811. The van der Waals surface area contributed by atoms with E-state index >= 15 is 0 Å². The molecule has 0 fully saturated rings. The van der Waals surface area contributed by atoms with E-state index in [0.717, 1.165) is 26.9 Å². The lowest BCUT2D eigenvalue weighted by Gasteiger charge is -2.00. The Labute approximate surface area is 170 Å². The van der Waals surface area contributed by atoms with Gasteiger partial charge in [-0.25, -0.2) is 0 Å². The SMILES string of the molecule is O=c1nc2s/c(=C\c3ccc(Br)cc3)c(=O)n2nc1Cc1ccc(Cl)cc1. The molecule has 27 heavy (non-hydrogen) atoms. The fourth-order valence-corrected chi connectivity index (χ4v) is 3.85. The Morgan fingerprint density at radius 3 is 2.48 bits per heavy atom. The summed E-state index contributed by atoms with van der Waals surface area (Å²) in [7, 11) is 0. The number of nitrogens with zero attached hydrogens (tertiary/aromatic N) is 3. The first kappa shape index (κ1) is 18.0. The third kappa shape index (κ3) is 3.85. The van der Waals surface area contributed by atoms with Crippen molar-refractivity contribution in [3.63, 3.8) is 0 Å². The molecule has 0 unspecified atom stereocenters. The molecule has 0 atom stereocenters. The Bertz CT molecular complexity index is 1300. The lowest BCUT2D eigenvalue weighted by Crippen LogP contribution is -2.28. The van der Waals surface area contributed by atoms with Crippen molar-refractivity contribution in [1.82, 2.24) is 14.6 Å². The number of aromatic nitrogens is 3. The standard InChI is InChI=1S/C19H11BrClN3O2S/c20-13-5-1-12(2-6-13)10-16-18(26)24-19(27-16)22-17(25)15(23-24)9-11-3-7-14(21)8-4-11/h1-8,10H,9H2/b16-10-. The van der Waals surface area contributed by atoms with Crippen LogP contribution < -0.4 is 15.7 Å². The molecule has 0 aliphatic heterocycles. The van der Waals surface area contributed by atoms with Gasteiger partial charge in [0.05, 0.1) is 4.53 Å². The molecule has 0 saturated heterocycles. The molecule has 0 aliphatic carbocycles. The zero-order valence-electron chi connectivity index (χ0n) is 13.7. The van der Waals surface area contributed by atoms with Crippen LogP contribution in [-0.4, -0.2) is 14.6 Å². The van der Waals surface area contributed by atoms with Crippen LogP contribution in [0.2, 0.25) is 5.02 Å². The predicted octanol–water partition coefficient (Wildman–Crippen LogP) is 3.07. The first-order valence-corrected chi connectivity index (χ1v) is 9.93. The van der Waals surface area contributed by atoms with Gasteiger partial charge in [-0.2, -0.15) is 14.6 Å². The molecule has 0 amide bonds. The summed E-state index contributed by atoms with van der Waals surface area (Å²) in [5, 5.41) is 4.86. The first-order chi connectivity index (χ1) is 13.0. The van der Waals surface area contributed by atoms with Gasteiger partial charge < -0.3 is 0 Å². The second kappa shape index (κ2) is 7.34. The summed E-state index contributed by atoms with van der Waals surface area (Å²) in [6.45, 7) is 0. The highest BCUT2D eigenvalue weighted by atomic mass is 79.9. The van der Waals surface area contributed by atoms with Gasteiger partial charge in [-0.15, -0.1) is 0 Å². The maximum absolute atomic E-state index is 12.7. The van der Waals surface area contributed by atoms with E-state index < -0.39 is 5.56 Å². The van der Waals surface area contributed by atoms with E-state index in [9.17, 15) is 9.59 Å². The highest BCUT2D eigenvalue weighted by molar-refractivity contribution is 9.10. The molecular formula is C19H11BrClN3O2S. The Morgan fingerprint density at radius 1 is 1.07 bits per heavy atom. The Morgan fingerprint density at radius 2 is 1.78 bits per heavy atom. The molecule has 4 aromatic rings. The molecule has 5 nitrogen and oxygen atoms in total. The molecule has 4 rings (SSSR count). The molecule has 0 spiro atoms. The highest BCUT2D eigenvalue weighted by Gasteiger charge is 2.11. The number of benzene rings is 2. The van der Waals surface area contributed by atoms with E-state index in [4.69, 9.17) is 11.6 Å². The van der Waals surface area contributed by atoms with Gasteiger partial charge in [0.2, 0.25) is 4.96 Å². The smallest absolute Gasteiger partial charge is 0.266 e. The zero-order valence-corrected chi connectivity index (χ0v) is 16.9. The van der Waals surface area contributed by atoms with Gasteiger partial charge in [-0.05, 0) is 41.5 Å². The fraction of sp³-hybridized carbons (Fsp3) is 0.0526. The topological polar surface area (TPSA) is 64.3 Å². The number of hydrogen-bond donors (Lipinski definition) is 0. The van der Waals surface area contributed by atoms with Crippen LogP contribution in [-0.2, 0) is 6.42 Å². The van der Waals surface area contributed by atoms with E-state index in [1.54, 1.807) is 18.2 Å². The summed E-state index contributed by atoms with van der Waals surface area (Å²) < 4.78 is 2.63. The van der Waals surface area contributed by atoms with Crippen molar-refractivity contribution < 1.29 is 0 Å². The van der Waals surface area contributed by atoms with Gasteiger partial charge in [0.15, 0.2) is 0 Å². The van der Waals surface area contributed by atoms with Crippen molar-refractivity contribution in [2.75, 3.05) is 0 Å². The minimum absolute atomic E-state index is 0.222. The van der Waals surface area contributed by atoms with Crippen molar-refractivity contribution in [2.24, 2.45) is 0 Å². The predicted molar refractivity (Wildman–Crippen MR) is 111 cm³/mol. The minimum Gasteiger partial charge on any atom is -0.266 e. The number of rotatable bonds is 3. The average molecular weight is 461 g/mol. The van der Waals surface area contributed by atoms with Crippen LogP contribution in [0.15, 0.2) is 62.6 Å². The molecule has 0 saturated carbocycles. The molecular weight excluding hydrogens is 450 g/mol. The third-order valence-electron chi connectivity index (χ3n) is 3.90. The summed E-state index contributed by atoms with van der Waals surface area (Å²) >= 11 is 10.4. The molecule has 0 N–H and O–H groups in total. The quantitative estimate of drug-likeness (QED) is 0.471. The van der Waals surface area contributed by atoms with Crippen LogP contribution in [0.1, 0.15) is 16.8 Å². The molecule has 134 valence electrons. The minimum atomic E-state index is -0.429. The summed E-state index contributed by atoms with van der Waals surface area (Å²) in [6.07, 6.45) is 2.05. The van der Waals surface area contributed by atoms with Crippen LogP contribution in [0.25, 0.3) is 11.0 Å². The first-order valence-electron chi connectivity index (χ1n) is 7.94. The number of thiazole rings is 1. The van der Waals surface area contributed by atoms with Crippen LogP contribution >= 0.6 is 38.9 Å². The normalized spacial score (nSPS) is 12.0. The summed E-state index contributed by atoms with van der Waals surface area (Å²) in [4.78, 5) is 29.3. The largest absolute Gasteiger partial charge is 0.296 e.